The van der Waals surface area contributed by atoms with Crippen LogP contribution in [0.3, 0.4) is 0 Å². The smallest absolute Gasteiger partial charge is 0.416 e. The third-order valence-corrected chi connectivity index (χ3v) is 5.83. The number of thiophene rings is 1. The van der Waals surface area contributed by atoms with Crippen LogP contribution in [0.15, 0.2) is 54.6 Å². The second-order valence-corrected chi connectivity index (χ2v) is 8.11. The van der Waals surface area contributed by atoms with E-state index in [2.05, 4.69) is 15.4 Å². The van der Waals surface area contributed by atoms with Gasteiger partial charge < -0.3 is 4.74 Å². The Hall–Kier alpha value is -3.85. The fourth-order valence-corrected chi connectivity index (χ4v) is 4.09. The number of nitrogens with zero attached hydrogens (tertiary/aromatic N) is 3. The van der Waals surface area contributed by atoms with Crippen molar-refractivity contribution in [3.05, 3.63) is 77.0 Å². The van der Waals surface area contributed by atoms with Gasteiger partial charge in [-0.15, -0.1) is 16.4 Å². The average molecular weight is 494 g/mol. The van der Waals surface area contributed by atoms with Crippen molar-refractivity contribution >= 4 is 11.3 Å². The van der Waals surface area contributed by atoms with E-state index in [0.29, 0.717) is 17.8 Å². The van der Waals surface area contributed by atoms with Gasteiger partial charge in [-0.05, 0) is 65.7 Å². The van der Waals surface area contributed by atoms with Crippen LogP contribution in [0.5, 0.6) is 5.75 Å². The summed E-state index contributed by atoms with van der Waals surface area (Å²) in [5.41, 5.74) is -1.65. The summed E-state index contributed by atoms with van der Waals surface area (Å²) >= 11 is 1.37. The summed E-state index contributed by atoms with van der Waals surface area (Å²) in [6.07, 6.45) is -9.84. The van der Waals surface area contributed by atoms with Crippen molar-refractivity contribution in [1.82, 2.24) is 15.4 Å². The second-order valence-electron chi connectivity index (χ2n) is 7.02. The lowest BCUT2D eigenvalue weighted by atomic mass is 10.1. The molecule has 2 aromatic carbocycles. The second kappa shape index (κ2) is 8.83. The number of hydrogen-bond acceptors (Lipinski definition) is 5. The molecular formula is C22H12F6N4OS. The Morgan fingerprint density at radius 1 is 0.853 bits per heavy atom. The number of ether oxygens (including phenoxy) is 1. The van der Waals surface area contributed by atoms with Gasteiger partial charge in [-0.3, -0.25) is 0 Å². The van der Waals surface area contributed by atoms with E-state index in [1.165, 1.54) is 11.3 Å². The highest BCUT2D eigenvalue weighted by Gasteiger charge is 2.36. The van der Waals surface area contributed by atoms with Crippen molar-refractivity contribution in [1.29, 1.82) is 5.26 Å². The van der Waals surface area contributed by atoms with Crippen LogP contribution in [0.25, 0.3) is 21.0 Å². The molecule has 0 atom stereocenters. The molecule has 4 rings (SSSR count). The highest BCUT2D eigenvalue weighted by Crippen LogP contribution is 2.37. The number of aromatic nitrogens is 3. The summed E-state index contributed by atoms with van der Waals surface area (Å²) in [7, 11) is 0. The molecule has 0 spiro atoms. The topological polar surface area (TPSA) is 74.6 Å². The number of rotatable bonds is 5. The van der Waals surface area contributed by atoms with Crippen molar-refractivity contribution in [2.45, 2.75) is 19.0 Å². The summed E-state index contributed by atoms with van der Waals surface area (Å²) < 4.78 is 83.5. The van der Waals surface area contributed by atoms with Gasteiger partial charge in [0.05, 0.1) is 16.0 Å². The number of aromatic amines is 1. The molecule has 0 saturated heterocycles. The van der Waals surface area contributed by atoms with Crippen LogP contribution in [0.1, 0.15) is 22.4 Å². The van der Waals surface area contributed by atoms with E-state index in [1.54, 1.807) is 30.3 Å². The zero-order valence-electron chi connectivity index (χ0n) is 16.8. The molecule has 1 N–H and O–H groups in total. The lowest BCUT2D eigenvalue weighted by Crippen LogP contribution is -2.12. The molecule has 0 aliphatic rings. The SMILES string of the molecule is N#Cc1n[nH]nc1-c1ccc(-c2ccc(OCc3cc(C(F)(F)F)cc(C(F)(F)F)c3)cc2)s1. The van der Waals surface area contributed by atoms with E-state index in [1.807, 2.05) is 12.1 Å². The molecule has 0 amide bonds. The van der Waals surface area contributed by atoms with E-state index < -0.39 is 30.1 Å². The molecule has 0 radical (unpaired) electrons. The van der Waals surface area contributed by atoms with Gasteiger partial charge in [-0.1, -0.05) is 0 Å². The normalized spacial score (nSPS) is 11.9. The number of benzene rings is 2. The monoisotopic (exact) mass is 494 g/mol. The Morgan fingerprint density at radius 2 is 1.47 bits per heavy atom. The number of alkyl halides is 6. The first-order valence-corrected chi connectivity index (χ1v) is 10.3. The minimum atomic E-state index is -4.92. The van der Waals surface area contributed by atoms with Crippen LogP contribution < -0.4 is 4.74 Å². The van der Waals surface area contributed by atoms with Crippen LogP contribution >= 0.6 is 11.3 Å². The molecule has 0 aliphatic carbocycles. The number of halogens is 6. The minimum absolute atomic E-state index is 0.0756. The molecular weight excluding hydrogens is 482 g/mol. The van der Waals surface area contributed by atoms with Gasteiger partial charge in [-0.2, -0.15) is 41.9 Å². The molecule has 2 aromatic heterocycles. The first-order valence-electron chi connectivity index (χ1n) is 9.47. The van der Waals surface area contributed by atoms with Gasteiger partial charge in [-0.25, -0.2) is 0 Å². The van der Waals surface area contributed by atoms with Crippen LogP contribution in [0, 0.1) is 11.3 Å². The molecule has 5 nitrogen and oxygen atoms in total. The van der Waals surface area contributed by atoms with Gasteiger partial charge in [0.25, 0.3) is 0 Å². The Morgan fingerprint density at radius 3 is 2.06 bits per heavy atom. The Balaban J connectivity index is 1.50. The lowest BCUT2D eigenvalue weighted by molar-refractivity contribution is -0.143. The predicted molar refractivity (Wildman–Crippen MR) is 111 cm³/mol. The summed E-state index contributed by atoms with van der Waals surface area (Å²) in [4.78, 5) is 1.58. The van der Waals surface area contributed by atoms with E-state index in [9.17, 15) is 26.3 Å². The Bertz CT molecular complexity index is 1320. The first kappa shape index (κ1) is 23.3. The van der Waals surface area contributed by atoms with Crippen LogP contribution in [0.4, 0.5) is 26.3 Å². The molecule has 174 valence electrons. The number of H-pyrrole nitrogens is 1. The van der Waals surface area contributed by atoms with Crippen molar-refractivity contribution < 1.29 is 31.1 Å². The van der Waals surface area contributed by atoms with Gasteiger partial charge in [0, 0.05) is 4.88 Å². The molecule has 0 unspecified atom stereocenters. The van der Waals surface area contributed by atoms with Crippen molar-refractivity contribution in [3.63, 3.8) is 0 Å². The van der Waals surface area contributed by atoms with Gasteiger partial charge in [0.1, 0.15) is 24.1 Å². The summed E-state index contributed by atoms with van der Waals surface area (Å²) in [6.45, 7) is -0.474. The molecule has 0 saturated carbocycles. The molecule has 12 heteroatoms. The molecule has 34 heavy (non-hydrogen) atoms. The third kappa shape index (κ3) is 5.04. The van der Waals surface area contributed by atoms with Gasteiger partial charge in [0.15, 0.2) is 5.69 Å². The highest BCUT2D eigenvalue weighted by molar-refractivity contribution is 7.18. The maximum absolute atomic E-state index is 13.0. The fraction of sp³-hybridized carbons (Fsp3) is 0.136. The Labute approximate surface area is 192 Å². The lowest BCUT2D eigenvalue weighted by Gasteiger charge is -2.14. The zero-order valence-corrected chi connectivity index (χ0v) is 17.6. The summed E-state index contributed by atoms with van der Waals surface area (Å²) in [6, 6.07) is 13.4. The third-order valence-electron chi connectivity index (χ3n) is 4.68. The predicted octanol–water partition coefficient (Wildman–Crippen LogP) is 6.69. The van der Waals surface area contributed by atoms with E-state index in [-0.39, 0.29) is 23.1 Å². The van der Waals surface area contributed by atoms with E-state index in [4.69, 9.17) is 10.00 Å². The van der Waals surface area contributed by atoms with Crippen LogP contribution in [0.2, 0.25) is 0 Å². The molecule has 0 aliphatic heterocycles. The quantitative estimate of drug-likeness (QED) is 0.314. The van der Waals surface area contributed by atoms with Crippen molar-refractivity contribution in [2.24, 2.45) is 0 Å². The number of hydrogen-bond donors (Lipinski definition) is 1. The van der Waals surface area contributed by atoms with Gasteiger partial charge in [0.2, 0.25) is 0 Å². The minimum Gasteiger partial charge on any atom is -0.489 e. The molecule has 0 fully saturated rings. The molecule has 0 bridgehead atoms. The maximum atomic E-state index is 13.0. The largest absolute Gasteiger partial charge is 0.489 e. The first-order chi connectivity index (χ1) is 16.0. The van der Waals surface area contributed by atoms with Crippen LogP contribution in [-0.4, -0.2) is 15.4 Å². The van der Waals surface area contributed by atoms with Gasteiger partial charge >= 0.3 is 12.4 Å². The number of nitrogens with one attached hydrogen (secondary N) is 1. The standard InChI is InChI=1S/C22H12F6N4OS/c23-21(24,25)14-7-12(8-15(9-14)22(26,27)28)11-33-16-3-1-13(2-4-16)18-5-6-19(34-18)20-17(10-29)30-32-31-20/h1-9H,11H2,(H,30,31,32). The maximum Gasteiger partial charge on any atom is 0.416 e. The van der Waals surface area contributed by atoms with E-state index in [0.717, 1.165) is 15.3 Å². The van der Waals surface area contributed by atoms with Crippen molar-refractivity contribution in [2.75, 3.05) is 0 Å². The Kier molecular flexibility index (Phi) is 6.05. The fourth-order valence-electron chi connectivity index (χ4n) is 3.09. The molecule has 4 aromatic rings. The number of nitriles is 1. The van der Waals surface area contributed by atoms with Crippen LogP contribution in [-0.2, 0) is 19.0 Å². The zero-order chi connectivity index (χ0) is 24.5. The van der Waals surface area contributed by atoms with Crippen molar-refractivity contribution in [3.8, 4) is 32.8 Å². The summed E-state index contributed by atoms with van der Waals surface area (Å²) in [5.74, 6) is 0.273. The summed E-state index contributed by atoms with van der Waals surface area (Å²) in [5, 5.41) is 19.2. The highest BCUT2D eigenvalue weighted by atomic mass is 32.1. The van der Waals surface area contributed by atoms with E-state index >= 15 is 0 Å². The molecule has 2 heterocycles. The average Bonchev–Trinajstić information content (AvgIpc) is 3.46.